The van der Waals surface area contributed by atoms with Crippen molar-refractivity contribution in [2.75, 3.05) is 5.32 Å². The van der Waals surface area contributed by atoms with Gasteiger partial charge in [0, 0.05) is 16.4 Å². The van der Waals surface area contributed by atoms with Gasteiger partial charge in [0.05, 0.1) is 16.8 Å². The second-order valence-electron chi connectivity index (χ2n) is 8.04. The Balaban J connectivity index is 1.32. The van der Waals surface area contributed by atoms with Crippen LogP contribution in [-0.2, 0) is 6.61 Å². The molecule has 1 saturated carbocycles. The van der Waals surface area contributed by atoms with Crippen molar-refractivity contribution in [3.63, 3.8) is 0 Å². The van der Waals surface area contributed by atoms with Gasteiger partial charge in [-0.3, -0.25) is 4.79 Å². The van der Waals surface area contributed by atoms with E-state index in [1.54, 1.807) is 35.7 Å². The minimum Gasteiger partial charge on any atom is -0.483 e. The van der Waals surface area contributed by atoms with Gasteiger partial charge in [-0.05, 0) is 43.2 Å². The number of carbonyl (C=O) groups excluding carboxylic acids is 2. The number of anilines is 1. The standard InChI is InChI=1S/C24H23Cl2FN4O3S/c25-14-9-10-17(15(26)11-14)30-24(33)31-19-7-3-2-6-18(19)29-23(32)20-13-35-22(28-20)12-34-21-8-4-1-5-16(21)27/h1,4-5,8-11,13,18-19H,2-3,6-7,12H2,(H,29,32)(H2,30,31,33). The molecule has 7 nitrogen and oxygen atoms in total. The van der Waals surface area contributed by atoms with E-state index in [4.69, 9.17) is 27.9 Å². The molecule has 0 radical (unpaired) electrons. The lowest BCUT2D eigenvalue weighted by molar-refractivity contribution is 0.0911. The molecule has 0 aliphatic heterocycles. The quantitative estimate of drug-likeness (QED) is 0.343. The van der Waals surface area contributed by atoms with E-state index >= 15 is 0 Å². The van der Waals surface area contributed by atoms with E-state index in [1.807, 2.05) is 0 Å². The van der Waals surface area contributed by atoms with Crippen molar-refractivity contribution in [1.29, 1.82) is 0 Å². The number of halogens is 3. The maximum atomic E-state index is 13.7. The first kappa shape index (κ1) is 25.2. The van der Waals surface area contributed by atoms with Crippen molar-refractivity contribution in [2.45, 2.75) is 44.4 Å². The first-order valence-corrected chi connectivity index (χ1v) is 12.7. The Labute approximate surface area is 216 Å². The number of hydrogen-bond donors (Lipinski definition) is 3. The lowest BCUT2D eigenvalue weighted by atomic mass is 9.90. The molecule has 1 aliphatic carbocycles. The second kappa shape index (κ2) is 11.7. The van der Waals surface area contributed by atoms with E-state index in [9.17, 15) is 14.0 Å². The van der Waals surface area contributed by atoms with Gasteiger partial charge in [-0.1, -0.05) is 48.2 Å². The first-order valence-electron chi connectivity index (χ1n) is 11.0. The predicted octanol–water partition coefficient (Wildman–Crippen LogP) is 6.03. The molecule has 1 heterocycles. The number of benzene rings is 2. The summed E-state index contributed by atoms with van der Waals surface area (Å²) in [5, 5.41) is 11.6. The molecule has 2 aromatic carbocycles. The zero-order valence-corrected chi connectivity index (χ0v) is 20.9. The fraction of sp³-hybridized carbons (Fsp3) is 0.292. The molecule has 0 bridgehead atoms. The van der Waals surface area contributed by atoms with Gasteiger partial charge in [0.1, 0.15) is 17.3 Å². The minimum absolute atomic E-state index is 0.0555. The molecule has 0 saturated heterocycles. The number of amides is 3. The molecular formula is C24H23Cl2FN4O3S. The second-order valence-corrected chi connectivity index (χ2v) is 9.83. The minimum atomic E-state index is -0.458. The maximum Gasteiger partial charge on any atom is 0.319 e. The van der Waals surface area contributed by atoms with Gasteiger partial charge < -0.3 is 20.7 Å². The maximum absolute atomic E-state index is 13.7. The number of nitrogens with zero attached hydrogens (tertiary/aromatic N) is 1. The average molecular weight is 537 g/mol. The van der Waals surface area contributed by atoms with E-state index in [0.717, 1.165) is 25.7 Å². The molecule has 1 aromatic heterocycles. The lowest BCUT2D eigenvalue weighted by Gasteiger charge is -2.32. The number of aromatic nitrogens is 1. The third kappa shape index (κ3) is 6.84. The van der Waals surface area contributed by atoms with Crippen molar-refractivity contribution < 1.29 is 18.7 Å². The molecular weight excluding hydrogens is 514 g/mol. The third-order valence-electron chi connectivity index (χ3n) is 5.55. The van der Waals surface area contributed by atoms with Crippen molar-refractivity contribution in [1.82, 2.24) is 15.6 Å². The van der Waals surface area contributed by atoms with Crippen molar-refractivity contribution >= 4 is 52.2 Å². The summed E-state index contributed by atoms with van der Waals surface area (Å²) in [5.74, 6) is -0.665. The van der Waals surface area contributed by atoms with Crippen LogP contribution >= 0.6 is 34.5 Å². The van der Waals surface area contributed by atoms with Crippen LogP contribution in [0, 0.1) is 5.82 Å². The van der Waals surface area contributed by atoms with E-state index in [2.05, 4.69) is 20.9 Å². The third-order valence-corrected chi connectivity index (χ3v) is 6.92. The van der Waals surface area contributed by atoms with Gasteiger partial charge in [-0.25, -0.2) is 14.2 Å². The molecule has 2 unspecified atom stereocenters. The van der Waals surface area contributed by atoms with E-state index in [1.165, 1.54) is 23.5 Å². The number of carbonyl (C=O) groups is 2. The van der Waals surface area contributed by atoms with Gasteiger partial charge in [-0.2, -0.15) is 0 Å². The highest BCUT2D eigenvalue weighted by Crippen LogP contribution is 2.26. The van der Waals surface area contributed by atoms with E-state index < -0.39 is 11.8 Å². The van der Waals surface area contributed by atoms with Crippen LogP contribution in [0.15, 0.2) is 47.8 Å². The SMILES string of the molecule is O=C(Nc1ccc(Cl)cc1Cl)NC1CCCCC1NC(=O)c1csc(COc2ccccc2F)n1. The average Bonchev–Trinajstić information content (AvgIpc) is 3.31. The topological polar surface area (TPSA) is 92.4 Å². The fourth-order valence-electron chi connectivity index (χ4n) is 3.82. The summed E-state index contributed by atoms with van der Waals surface area (Å²) in [6, 6.07) is 10.0. The summed E-state index contributed by atoms with van der Waals surface area (Å²) in [7, 11) is 0. The Hall–Kier alpha value is -2.88. The number of para-hydroxylation sites is 1. The van der Waals surface area contributed by atoms with Crippen LogP contribution in [0.5, 0.6) is 5.75 Å². The summed E-state index contributed by atoms with van der Waals surface area (Å²) in [6.07, 6.45) is 3.33. The number of ether oxygens (including phenoxy) is 1. The molecule has 4 rings (SSSR count). The molecule has 2 atom stereocenters. The van der Waals surface area contributed by atoms with Crippen LogP contribution in [-0.4, -0.2) is 29.0 Å². The zero-order chi connectivity index (χ0) is 24.8. The van der Waals surface area contributed by atoms with E-state index in [0.29, 0.717) is 20.7 Å². The lowest BCUT2D eigenvalue weighted by Crippen LogP contribution is -2.54. The van der Waals surface area contributed by atoms with Crippen LogP contribution in [0.2, 0.25) is 10.0 Å². The fourth-order valence-corrected chi connectivity index (χ4v) is 4.96. The van der Waals surface area contributed by atoms with Crippen molar-refractivity contribution in [2.24, 2.45) is 0 Å². The molecule has 0 spiro atoms. The Morgan fingerprint density at radius 3 is 2.57 bits per heavy atom. The summed E-state index contributed by atoms with van der Waals surface area (Å²) in [6.45, 7) is 0.0555. The van der Waals surface area contributed by atoms with Crippen LogP contribution in [0.4, 0.5) is 14.9 Å². The number of urea groups is 1. The highest BCUT2D eigenvalue weighted by atomic mass is 35.5. The smallest absolute Gasteiger partial charge is 0.319 e. The van der Waals surface area contributed by atoms with Crippen LogP contribution < -0.4 is 20.7 Å². The molecule has 1 aliphatic rings. The molecule has 11 heteroatoms. The zero-order valence-electron chi connectivity index (χ0n) is 18.5. The molecule has 3 N–H and O–H groups in total. The molecule has 1 fully saturated rings. The Kier molecular flexibility index (Phi) is 8.43. The molecule has 3 aromatic rings. The van der Waals surface area contributed by atoms with Crippen LogP contribution in [0.3, 0.4) is 0 Å². The van der Waals surface area contributed by atoms with Gasteiger partial charge in [0.2, 0.25) is 0 Å². The van der Waals surface area contributed by atoms with Gasteiger partial charge in [-0.15, -0.1) is 11.3 Å². The Morgan fingerprint density at radius 1 is 1.09 bits per heavy atom. The van der Waals surface area contributed by atoms with E-state index in [-0.39, 0.29) is 36.0 Å². The van der Waals surface area contributed by atoms with Crippen molar-refractivity contribution in [3.05, 3.63) is 74.4 Å². The van der Waals surface area contributed by atoms with Crippen LogP contribution in [0.25, 0.3) is 0 Å². The number of nitrogens with one attached hydrogen (secondary N) is 3. The summed E-state index contributed by atoms with van der Waals surface area (Å²) in [4.78, 5) is 29.7. The van der Waals surface area contributed by atoms with Crippen molar-refractivity contribution in [3.8, 4) is 5.75 Å². The van der Waals surface area contributed by atoms with Gasteiger partial charge in [0.15, 0.2) is 11.6 Å². The highest BCUT2D eigenvalue weighted by Gasteiger charge is 2.29. The molecule has 184 valence electrons. The highest BCUT2D eigenvalue weighted by molar-refractivity contribution is 7.09. The normalized spacial score (nSPS) is 17.5. The Morgan fingerprint density at radius 2 is 1.83 bits per heavy atom. The van der Waals surface area contributed by atoms with Gasteiger partial charge >= 0.3 is 6.03 Å². The number of hydrogen-bond acceptors (Lipinski definition) is 5. The monoisotopic (exact) mass is 536 g/mol. The number of rotatable bonds is 7. The molecule has 35 heavy (non-hydrogen) atoms. The predicted molar refractivity (Wildman–Crippen MR) is 135 cm³/mol. The van der Waals surface area contributed by atoms with Crippen LogP contribution in [0.1, 0.15) is 41.2 Å². The molecule has 3 amide bonds. The number of thiazole rings is 1. The Bertz CT molecular complexity index is 1210. The summed E-state index contributed by atoms with van der Waals surface area (Å²) < 4.78 is 19.2. The largest absolute Gasteiger partial charge is 0.483 e. The first-order chi connectivity index (χ1) is 16.9. The summed E-state index contributed by atoms with van der Waals surface area (Å²) in [5.41, 5.74) is 0.696. The van der Waals surface area contributed by atoms with Gasteiger partial charge in [0.25, 0.3) is 5.91 Å². The summed E-state index contributed by atoms with van der Waals surface area (Å²) >= 11 is 13.3.